The Morgan fingerprint density at radius 2 is 2.06 bits per heavy atom. The summed E-state index contributed by atoms with van der Waals surface area (Å²) in [6.45, 7) is 0. The first-order chi connectivity index (χ1) is 17.0. The number of benzene rings is 2. The molecule has 35 heavy (non-hydrogen) atoms. The molecule has 1 aliphatic heterocycles. The van der Waals surface area contributed by atoms with Crippen LogP contribution in [0.15, 0.2) is 41.7 Å². The zero-order valence-electron chi connectivity index (χ0n) is 19.1. The number of carbonyl (C=O) groups excluding carboxylic acids is 1. The minimum absolute atomic E-state index is 0.0707. The fraction of sp³-hybridized carbons (Fsp3) is 0.250. The summed E-state index contributed by atoms with van der Waals surface area (Å²) in [5.41, 5.74) is 2.21. The van der Waals surface area contributed by atoms with Crippen LogP contribution < -0.4 is 20.1 Å². The second-order valence-electron chi connectivity index (χ2n) is 8.49. The SMILES string of the molecule is COc1ccc2c(c1)[C@]1(C[C@H]1c1cc(F)c3c(Nc4nc(SC)ncc4OC)n[nH]c3c1)C(=O)N2. The molecular weight excluding hydrogens is 471 g/mol. The van der Waals surface area contributed by atoms with Crippen LogP contribution in [0.4, 0.5) is 21.7 Å². The Labute approximate surface area is 203 Å². The summed E-state index contributed by atoms with van der Waals surface area (Å²) in [6, 6.07) is 8.88. The van der Waals surface area contributed by atoms with Crippen LogP contribution in [0.1, 0.15) is 23.5 Å². The van der Waals surface area contributed by atoms with Crippen LogP contribution in [0.25, 0.3) is 10.9 Å². The molecule has 1 amide bonds. The number of hydrogen-bond donors (Lipinski definition) is 3. The van der Waals surface area contributed by atoms with E-state index in [0.717, 1.165) is 16.8 Å². The number of nitrogens with zero attached hydrogens (tertiary/aromatic N) is 3. The van der Waals surface area contributed by atoms with Crippen molar-refractivity contribution in [3.8, 4) is 11.5 Å². The van der Waals surface area contributed by atoms with Crippen molar-refractivity contribution in [1.29, 1.82) is 0 Å². The van der Waals surface area contributed by atoms with Crippen LogP contribution in [0, 0.1) is 5.82 Å². The van der Waals surface area contributed by atoms with Gasteiger partial charge in [-0.05, 0) is 54.1 Å². The van der Waals surface area contributed by atoms with Gasteiger partial charge in [0.05, 0.1) is 36.7 Å². The lowest BCUT2D eigenvalue weighted by Crippen LogP contribution is -2.21. The monoisotopic (exact) mass is 492 g/mol. The number of nitrogens with one attached hydrogen (secondary N) is 3. The topological polar surface area (TPSA) is 114 Å². The predicted molar refractivity (Wildman–Crippen MR) is 130 cm³/mol. The van der Waals surface area contributed by atoms with Gasteiger partial charge >= 0.3 is 0 Å². The number of methoxy groups -OCH3 is 2. The van der Waals surface area contributed by atoms with E-state index in [-0.39, 0.29) is 17.6 Å². The standard InChI is InChI=1S/C24H21FN6O3S/c1-33-12-4-5-16-13(8-12)24(22(32)27-16)9-14(24)11-6-15(25)19-17(7-11)30-31-21(19)28-20-18(34-2)10-26-23(29-20)35-3/h4-8,10,14H,9H2,1-3H3,(H,27,32)(H2,26,28,29,30,31)/t14-,24-/m0/s1. The zero-order valence-corrected chi connectivity index (χ0v) is 19.9. The summed E-state index contributed by atoms with van der Waals surface area (Å²) in [7, 11) is 3.10. The molecule has 3 N–H and O–H groups in total. The lowest BCUT2D eigenvalue weighted by Gasteiger charge is -2.11. The van der Waals surface area contributed by atoms with Crippen molar-refractivity contribution in [2.75, 3.05) is 31.1 Å². The predicted octanol–water partition coefficient (Wildman–Crippen LogP) is 4.35. The van der Waals surface area contributed by atoms with E-state index in [1.165, 1.54) is 24.9 Å². The highest BCUT2D eigenvalue weighted by Gasteiger charge is 2.65. The Bertz CT molecular complexity index is 1510. The second kappa shape index (κ2) is 7.84. The first-order valence-corrected chi connectivity index (χ1v) is 12.1. The van der Waals surface area contributed by atoms with E-state index in [4.69, 9.17) is 9.47 Å². The third-order valence-corrected chi connectivity index (χ3v) is 7.30. The van der Waals surface area contributed by atoms with Gasteiger partial charge in [0.2, 0.25) is 5.91 Å². The van der Waals surface area contributed by atoms with Gasteiger partial charge < -0.3 is 20.1 Å². The highest BCUT2D eigenvalue weighted by atomic mass is 32.2. The molecule has 1 saturated carbocycles. The van der Waals surface area contributed by atoms with Crippen molar-refractivity contribution in [3.05, 3.63) is 53.5 Å². The molecule has 9 nitrogen and oxygen atoms in total. The smallest absolute Gasteiger partial charge is 0.235 e. The maximum Gasteiger partial charge on any atom is 0.235 e. The number of carbonyl (C=O) groups is 1. The Morgan fingerprint density at radius 3 is 2.83 bits per heavy atom. The first kappa shape index (κ1) is 21.7. The van der Waals surface area contributed by atoms with Crippen LogP contribution in [-0.4, -0.2) is 46.5 Å². The third-order valence-electron chi connectivity index (χ3n) is 6.73. The summed E-state index contributed by atoms with van der Waals surface area (Å²) < 4.78 is 26.1. The second-order valence-corrected chi connectivity index (χ2v) is 9.26. The zero-order chi connectivity index (χ0) is 24.3. The van der Waals surface area contributed by atoms with Crippen molar-refractivity contribution >= 4 is 45.9 Å². The highest BCUT2D eigenvalue weighted by Crippen LogP contribution is 2.65. The molecule has 2 atom stereocenters. The van der Waals surface area contributed by atoms with Gasteiger partial charge in [0.25, 0.3) is 0 Å². The van der Waals surface area contributed by atoms with Crippen LogP contribution in [-0.2, 0) is 10.2 Å². The van der Waals surface area contributed by atoms with Crippen molar-refractivity contribution in [2.45, 2.75) is 22.9 Å². The Kier molecular flexibility index (Phi) is 4.85. The molecule has 6 rings (SSSR count). The molecule has 0 radical (unpaired) electrons. The summed E-state index contributed by atoms with van der Waals surface area (Å²) in [5, 5.41) is 14.0. The molecular formula is C24H21FN6O3S. The van der Waals surface area contributed by atoms with Crippen LogP contribution in [0.3, 0.4) is 0 Å². The maximum atomic E-state index is 15.5. The number of fused-ring (bicyclic) bond motifs is 3. The fourth-order valence-corrected chi connectivity index (χ4v) is 5.26. The van der Waals surface area contributed by atoms with Gasteiger partial charge in [0.1, 0.15) is 11.6 Å². The number of hydrogen-bond acceptors (Lipinski definition) is 8. The number of ether oxygens (including phenoxy) is 2. The first-order valence-electron chi connectivity index (χ1n) is 10.9. The molecule has 0 unspecified atom stereocenters. The van der Waals surface area contributed by atoms with Crippen molar-refractivity contribution in [2.24, 2.45) is 0 Å². The van der Waals surface area contributed by atoms with E-state index in [1.807, 2.05) is 30.5 Å². The van der Waals surface area contributed by atoms with Crippen molar-refractivity contribution < 1.29 is 18.7 Å². The molecule has 3 heterocycles. The molecule has 2 aromatic heterocycles. The Morgan fingerprint density at radius 1 is 1.20 bits per heavy atom. The highest BCUT2D eigenvalue weighted by molar-refractivity contribution is 7.98. The number of H-pyrrole nitrogens is 1. The lowest BCUT2D eigenvalue weighted by molar-refractivity contribution is -0.118. The van der Waals surface area contributed by atoms with Crippen LogP contribution >= 0.6 is 11.8 Å². The molecule has 4 aromatic rings. The fourth-order valence-electron chi connectivity index (χ4n) is 4.92. The van der Waals surface area contributed by atoms with Crippen molar-refractivity contribution in [3.63, 3.8) is 0 Å². The number of aromatic nitrogens is 4. The number of aromatic amines is 1. The van der Waals surface area contributed by atoms with Gasteiger partial charge in [-0.2, -0.15) is 5.10 Å². The molecule has 0 saturated heterocycles. The maximum absolute atomic E-state index is 15.5. The lowest BCUT2D eigenvalue weighted by atomic mass is 9.91. The van der Waals surface area contributed by atoms with E-state index in [1.54, 1.807) is 13.3 Å². The molecule has 11 heteroatoms. The van der Waals surface area contributed by atoms with Gasteiger partial charge in [0, 0.05) is 11.6 Å². The minimum atomic E-state index is -0.715. The van der Waals surface area contributed by atoms with Gasteiger partial charge in [-0.25, -0.2) is 14.4 Å². The van der Waals surface area contributed by atoms with Crippen LogP contribution in [0.2, 0.25) is 0 Å². The normalized spacial score (nSPS) is 20.1. The molecule has 178 valence electrons. The number of amides is 1. The van der Waals surface area contributed by atoms with Gasteiger partial charge in [-0.15, -0.1) is 0 Å². The molecule has 2 aromatic carbocycles. The number of halogens is 1. The molecule has 1 aliphatic carbocycles. The van der Waals surface area contributed by atoms with E-state index in [0.29, 0.717) is 39.8 Å². The summed E-state index contributed by atoms with van der Waals surface area (Å²) in [6.07, 6.45) is 4.01. The summed E-state index contributed by atoms with van der Waals surface area (Å²) in [5.74, 6) is 1.10. The Hall–Kier alpha value is -3.86. The van der Waals surface area contributed by atoms with Gasteiger partial charge in [-0.3, -0.25) is 9.89 Å². The minimum Gasteiger partial charge on any atom is -0.497 e. The number of rotatable bonds is 6. The quantitative estimate of drug-likeness (QED) is 0.269. The van der Waals surface area contributed by atoms with Crippen LogP contribution in [0.5, 0.6) is 11.5 Å². The van der Waals surface area contributed by atoms with E-state index >= 15 is 4.39 Å². The molecule has 1 spiro atoms. The average Bonchev–Trinajstić information content (AvgIpc) is 3.41. The summed E-state index contributed by atoms with van der Waals surface area (Å²) in [4.78, 5) is 21.6. The number of anilines is 3. The van der Waals surface area contributed by atoms with E-state index in [2.05, 4.69) is 30.8 Å². The number of thioether (sulfide) groups is 1. The largest absolute Gasteiger partial charge is 0.497 e. The van der Waals surface area contributed by atoms with Crippen molar-refractivity contribution in [1.82, 2.24) is 20.2 Å². The molecule has 2 aliphatic rings. The van der Waals surface area contributed by atoms with Gasteiger partial charge in [0.15, 0.2) is 22.5 Å². The van der Waals surface area contributed by atoms with E-state index < -0.39 is 11.2 Å². The third kappa shape index (κ3) is 3.22. The Balaban J connectivity index is 1.36. The van der Waals surface area contributed by atoms with E-state index in [9.17, 15) is 4.79 Å². The molecule has 0 bridgehead atoms. The average molecular weight is 493 g/mol. The van der Waals surface area contributed by atoms with Gasteiger partial charge in [-0.1, -0.05) is 11.8 Å². The molecule has 1 fully saturated rings. The summed E-state index contributed by atoms with van der Waals surface area (Å²) >= 11 is 1.38.